The van der Waals surface area contributed by atoms with Crippen LogP contribution in [0.5, 0.6) is 0 Å². The maximum atomic E-state index is 12.2. The number of nitrogen functional groups attached to an aromatic ring is 1. The molecule has 130 valence electrons. The van der Waals surface area contributed by atoms with Crippen LogP contribution in [-0.2, 0) is 16.0 Å². The summed E-state index contributed by atoms with van der Waals surface area (Å²) in [5.74, 6) is -0.0981. The molecule has 0 aromatic heterocycles. The number of amides is 2. The number of nitrogens with zero attached hydrogens (tertiary/aromatic N) is 1. The molecule has 0 unspecified atom stereocenters. The number of carbonyl (C=O) groups is 2. The van der Waals surface area contributed by atoms with Crippen molar-refractivity contribution in [3.63, 3.8) is 0 Å². The smallest absolute Gasteiger partial charge is 0.255 e. The molecule has 1 aliphatic heterocycles. The topological polar surface area (TPSA) is 84.7 Å². The minimum Gasteiger partial charge on any atom is -0.399 e. The molecular weight excluding hydrogens is 318 g/mol. The molecule has 2 aromatic carbocycles. The van der Waals surface area contributed by atoms with Gasteiger partial charge in [0, 0.05) is 30.0 Å². The molecule has 2 aromatic rings. The summed E-state index contributed by atoms with van der Waals surface area (Å²) in [7, 11) is 0. The van der Waals surface area contributed by atoms with E-state index < -0.39 is 0 Å². The Balaban J connectivity index is 1.57. The summed E-state index contributed by atoms with van der Waals surface area (Å²) in [5.41, 5.74) is 8.38. The molecule has 6 heteroatoms. The number of rotatable bonds is 4. The number of anilines is 2. The summed E-state index contributed by atoms with van der Waals surface area (Å²) < 4.78 is 5.25. The van der Waals surface area contributed by atoms with Gasteiger partial charge in [-0.2, -0.15) is 0 Å². The quantitative estimate of drug-likeness (QED) is 0.834. The number of hydrogen-bond acceptors (Lipinski definition) is 4. The van der Waals surface area contributed by atoms with E-state index in [0.717, 1.165) is 5.56 Å². The fraction of sp³-hybridized carbons (Fsp3) is 0.263. The van der Waals surface area contributed by atoms with Crippen LogP contribution >= 0.6 is 0 Å². The second-order valence-electron chi connectivity index (χ2n) is 5.94. The van der Waals surface area contributed by atoms with E-state index >= 15 is 0 Å². The van der Waals surface area contributed by atoms with E-state index in [9.17, 15) is 9.59 Å². The summed E-state index contributed by atoms with van der Waals surface area (Å²) >= 11 is 0. The van der Waals surface area contributed by atoms with Gasteiger partial charge in [0.1, 0.15) is 0 Å². The first-order chi connectivity index (χ1) is 12.1. The Kier molecular flexibility index (Phi) is 5.30. The number of benzene rings is 2. The molecule has 1 aliphatic rings. The van der Waals surface area contributed by atoms with Gasteiger partial charge in [0.25, 0.3) is 5.91 Å². The van der Waals surface area contributed by atoms with Crippen LogP contribution in [-0.4, -0.2) is 43.0 Å². The fourth-order valence-electron chi connectivity index (χ4n) is 2.64. The molecule has 25 heavy (non-hydrogen) atoms. The third-order valence-electron chi connectivity index (χ3n) is 4.10. The average molecular weight is 339 g/mol. The second kappa shape index (κ2) is 7.81. The van der Waals surface area contributed by atoms with Gasteiger partial charge in [-0.05, 0) is 42.0 Å². The molecule has 0 bridgehead atoms. The van der Waals surface area contributed by atoms with Gasteiger partial charge in [-0.1, -0.05) is 12.1 Å². The number of nitrogens with two attached hydrogens (primary N) is 1. The van der Waals surface area contributed by atoms with Gasteiger partial charge < -0.3 is 20.7 Å². The number of nitrogens with one attached hydrogen (secondary N) is 1. The Morgan fingerprint density at radius 2 is 1.64 bits per heavy atom. The lowest BCUT2D eigenvalue weighted by Gasteiger charge is -2.26. The molecule has 6 nitrogen and oxygen atoms in total. The van der Waals surface area contributed by atoms with E-state index in [0.29, 0.717) is 49.7 Å². The molecule has 1 fully saturated rings. The van der Waals surface area contributed by atoms with Crippen LogP contribution < -0.4 is 11.1 Å². The molecule has 3 N–H and O–H groups in total. The van der Waals surface area contributed by atoms with Crippen molar-refractivity contribution in [1.82, 2.24) is 4.90 Å². The van der Waals surface area contributed by atoms with Crippen LogP contribution in [0, 0.1) is 0 Å². The zero-order chi connectivity index (χ0) is 17.6. The van der Waals surface area contributed by atoms with Crippen molar-refractivity contribution in [3.8, 4) is 0 Å². The Morgan fingerprint density at radius 3 is 2.28 bits per heavy atom. The maximum Gasteiger partial charge on any atom is 0.255 e. The largest absolute Gasteiger partial charge is 0.399 e. The van der Waals surface area contributed by atoms with E-state index in [1.54, 1.807) is 36.4 Å². The van der Waals surface area contributed by atoms with E-state index in [-0.39, 0.29) is 11.8 Å². The highest BCUT2D eigenvalue weighted by Gasteiger charge is 2.16. The van der Waals surface area contributed by atoms with Gasteiger partial charge in [0.05, 0.1) is 19.6 Å². The minimum atomic E-state index is -0.197. The number of hydrogen-bond donors (Lipinski definition) is 2. The number of carbonyl (C=O) groups excluding carboxylic acids is 2. The van der Waals surface area contributed by atoms with E-state index in [2.05, 4.69) is 5.32 Å². The van der Waals surface area contributed by atoms with E-state index in [1.165, 1.54) is 0 Å². The monoisotopic (exact) mass is 339 g/mol. The Morgan fingerprint density at radius 1 is 1.00 bits per heavy atom. The van der Waals surface area contributed by atoms with Crippen molar-refractivity contribution in [2.45, 2.75) is 6.42 Å². The van der Waals surface area contributed by atoms with E-state index in [1.807, 2.05) is 17.0 Å². The average Bonchev–Trinajstić information content (AvgIpc) is 2.64. The third kappa shape index (κ3) is 4.58. The Labute approximate surface area is 146 Å². The molecule has 0 aliphatic carbocycles. The standard InChI is InChI=1S/C19H21N3O3/c20-16-5-3-15(4-6-16)19(24)21-17-7-1-14(2-8-17)13-18(23)22-9-11-25-12-10-22/h1-8H,9-13,20H2,(H,21,24). The predicted molar refractivity (Wildman–Crippen MR) is 96.4 cm³/mol. The predicted octanol–water partition coefficient (Wildman–Crippen LogP) is 1.92. The van der Waals surface area contributed by atoms with Gasteiger partial charge >= 0.3 is 0 Å². The molecule has 0 radical (unpaired) electrons. The van der Waals surface area contributed by atoms with Crippen molar-refractivity contribution in [3.05, 3.63) is 59.7 Å². The minimum absolute atomic E-state index is 0.0990. The summed E-state index contributed by atoms with van der Waals surface area (Å²) in [5, 5.41) is 2.83. The van der Waals surface area contributed by atoms with Gasteiger partial charge in [-0.15, -0.1) is 0 Å². The first-order valence-corrected chi connectivity index (χ1v) is 8.23. The molecule has 2 amide bonds. The normalized spacial score (nSPS) is 14.2. The summed E-state index contributed by atoms with van der Waals surface area (Å²) in [6, 6.07) is 14.1. The van der Waals surface area contributed by atoms with Crippen molar-refractivity contribution in [2.24, 2.45) is 0 Å². The summed E-state index contributed by atoms with van der Waals surface area (Å²) in [6.07, 6.45) is 0.353. The summed E-state index contributed by atoms with van der Waals surface area (Å²) in [6.45, 7) is 2.49. The van der Waals surface area contributed by atoms with Crippen LogP contribution in [0.4, 0.5) is 11.4 Å². The van der Waals surface area contributed by atoms with Crippen LogP contribution in [0.3, 0.4) is 0 Å². The fourth-order valence-corrected chi connectivity index (χ4v) is 2.64. The van der Waals surface area contributed by atoms with Gasteiger partial charge in [0.2, 0.25) is 5.91 Å². The van der Waals surface area contributed by atoms with Crippen LogP contribution in [0.15, 0.2) is 48.5 Å². The molecule has 0 spiro atoms. The first-order valence-electron chi connectivity index (χ1n) is 8.23. The highest BCUT2D eigenvalue weighted by Crippen LogP contribution is 2.14. The third-order valence-corrected chi connectivity index (χ3v) is 4.10. The lowest BCUT2D eigenvalue weighted by molar-refractivity contribution is -0.134. The first kappa shape index (κ1) is 17.0. The van der Waals surface area contributed by atoms with Crippen molar-refractivity contribution >= 4 is 23.2 Å². The van der Waals surface area contributed by atoms with Crippen molar-refractivity contribution in [1.29, 1.82) is 0 Å². The molecule has 1 heterocycles. The molecule has 0 saturated carbocycles. The zero-order valence-corrected chi connectivity index (χ0v) is 13.9. The molecule has 0 atom stereocenters. The van der Waals surface area contributed by atoms with Gasteiger partial charge in [-0.25, -0.2) is 0 Å². The van der Waals surface area contributed by atoms with Crippen LogP contribution in [0.2, 0.25) is 0 Å². The number of morpholine rings is 1. The van der Waals surface area contributed by atoms with Gasteiger partial charge in [0.15, 0.2) is 0 Å². The van der Waals surface area contributed by atoms with Crippen molar-refractivity contribution < 1.29 is 14.3 Å². The Hall–Kier alpha value is -2.86. The highest BCUT2D eigenvalue weighted by atomic mass is 16.5. The van der Waals surface area contributed by atoms with Gasteiger partial charge in [-0.3, -0.25) is 9.59 Å². The summed E-state index contributed by atoms with van der Waals surface area (Å²) in [4.78, 5) is 26.2. The molecular formula is C19H21N3O3. The maximum absolute atomic E-state index is 12.2. The van der Waals surface area contributed by atoms with Crippen LogP contribution in [0.1, 0.15) is 15.9 Å². The molecule has 3 rings (SSSR count). The lowest BCUT2D eigenvalue weighted by Crippen LogP contribution is -2.41. The SMILES string of the molecule is Nc1ccc(C(=O)Nc2ccc(CC(=O)N3CCOCC3)cc2)cc1. The van der Waals surface area contributed by atoms with Crippen LogP contribution in [0.25, 0.3) is 0 Å². The highest BCUT2D eigenvalue weighted by molar-refractivity contribution is 6.04. The zero-order valence-electron chi connectivity index (χ0n) is 13.9. The molecule has 1 saturated heterocycles. The second-order valence-corrected chi connectivity index (χ2v) is 5.94. The lowest BCUT2D eigenvalue weighted by atomic mass is 10.1. The van der Waals surface area contributed by atoms with E-state index in [4.69, 9.17) is 10.5 Å². The van der Waals surface area contributed by atoms with Crippen molar-refractivity contribution in [2.75, 3.05) is 37.4 Å². The Bertz CT molecular complexity index is 736. The number of ether oxygens (including phenoxy) is 1.